The van der Waals surface area contributed by atoms with Gasteiger partial charge >= 0.3 is 0 Å². The van der Waals surface area contributed by atoms with Crippen molar-refractivity contribution in [2.24, 2.45) is 0 Å². The minimum atomic E-state index is 0.244. The van der Waals surface area contributed by atoms with E-state index in [9.17, 15) is 0 Å². The van der Waals surface area contributed by atoms with Gasteiger partial charge in [0.1, 0.15) is 0 Å². The summed E-state index contributed by atoms with van der Waals surface area (Å²) in [6.07, 6.45) is 0. The Morgan fingerprint density at radius 2 is 1.04 bits per heavy atom. The van der Waals surface area contributed by atoms with Crippen molar-refractivity contribution in [3.05, 3.63) is 108 Å². The molecule has 1 heterocycles. The zero-order valence-corrected chi connectivity index (χ0v) is 16.3. The third-order valence-corrected chi connectivity index (χ3v) is 5.82. The molecule has 0 radical (unpaired) electrons. The summed E-state index contributed by atoms with van der Waals surface area (Å²) in [6.45, 7) is 4.71. The smallest absolute Gasteiger partial charge is 0.247 e. The first-order valence-electron chi connectivity index (χ1n) is 9.85. The molecule has 2 heteroatoms. The van der Waals surface area contributed by atoms with Crippen LogP contribution < -0.4 is 21.3 Å². The highest BCUT2D eigenvalue weighted by Gasteiger charge is 2.35. The number of fused-ring (bicyclic) bond motifs is 2. The molecule has 0 saturated carbocycles. The van der Waals surface area contributed by atoms with E-state index >= 15 is 0 Å². The van der Waals surface area contributed by atoms with Crippen molar-refractivity contribution in [3.63, 3.8) is 0 Å². The van der Waals surface area contributed by atoms with E-state index in [1.807, 2.05) is 0 Å². The van der Waals surface area contributed by atoms with Gasteiger partial charge in [-0.1, -0.05) is 89.4 Å². The SMILES string of the molecule is Cc1cccc(C)c1B1c2ccccc2N(c2ccccc2)c2ccccc21. The molecule has 1 nitrogen and oxygen atoms in total. The first-order chi connectivity index (χ1) is 13.8. The summed E-state index contributed by atoms with van der Waals surface area (Å²) in [5.74, 6) is 0. The Kier molecular flexibility index (Phi) is 4.05. The number of para-hydroxylation sites is 3. The second-order valence-corrected chi connectivity index (χ2v) is 7.53. The van der Waals surface area contributed by atoms with Crippen LogP contribution in [0.15, 0.2) is 97.1 Å². The predicted octanol–water partition coefficient (Wildman–Crippen LogP) is 4.60. The van der Waals surface area contributed by atoms with Crippen LogP contribution in [0, 0.1) is 13.8 Å². The topological polar surface area (TPSA) is 3.24 Å². The van der Waals surface area contributed by atoms with Gasteiger partial charge < -0.3 is 4.90 Å². The van der Waals surface area contributed by atoms with Gasteiger partial charge in [-0.15, -0.1) is 0 Å². The van der Waals surface area contributed by atoms with Crippen LogP contribution >= 0.6 is 0 Å². The van der Waals surface area contributed by atoms with Crippen LogP contribution in [0.1, 0.15) is 11.1 Å². The summed E-state index contributed by atoms with van der Waals surface area (Å²) >= 11 is 0. The van der Waals surface area contributed by atoms with Crippen LogP contribution in [0.4, 0.5) is 17.1 Å². The highest BCUT2D eigenvalue weighted by atomic mass is 15.1. The largest absolute Gasteiger partial charge is 0.312 e. The lowest BCUT2D eigenvalue weighted by molar-refractivity contribution is 1.29. The number of aryl methyl sites for hydroxylation is 2. The van der Waals surface area contributed by atoms with Gasteiger partial charge in [-0.25, -0.2) is 0 Å². The normalized spacial score (nSPS) is 12.5. The van der Waals surface area contributed by atoms with E-state index in [1.165, 1.54) is 44.6 Å². The van der Waals surface area contributed by atoms with E-state index in [1.54, 1.807) is 0 Å². The molecule has 0 bridgehead atoms. The van der Waals surface area contributed by atoms with Gasteiger partial charge in [0.2, 0.25) is 6.71 Å². The quantitative estimate of drug-likeness (QED) is 0.416. The summed E-state index contributed by atoms with van der Waals surface area (Å²) in [5.41, 5.74) is 10.6. The molecule has 0 saturated heterocycles. The number of hydrogen-bond donors (Lipinski definition) is 0. The van der Waals surface area contributed by atoms with Gasteiger partial charge in [0.25, 0.3) is 0 Å². The van der Waals surface area contributed by atoms with E-state index in [0.29, 0.717) is 0 Å². The Hall–Kier alpha value is -3.26. The van der Waals surface area contributed by atoms with E-state index in [-0.39, 0.29) is 6.71 Å². The molecular weight excluding hydrogens is 337 g/mol. The Morgan fingerprint density at radius 3 is 1.61 bits per heavy atom. The van der Waals surface area contributed by atoms with Crippen LogP contribution in [-0.2, 0) is 0 Å². The van der Waals surface area contributed by atoms with Crippen molar-refractivity contribution < 1.29 is 0 Å². The van der Waals surface area contributed by atoms with Gasteiger partial charge in [0.05, 0.1) is 0 Å². The Morgan fingerprint density at radius 1 is 0.536 bits per heavy atom. The van der Waals surface area contributed by atoms with Crippen molar-refractivity contribution in [1.29, 1.82) is 0 Å². The van der Waals surface area contributed by atoms with Gasteiger partial charge in [-0.2, -0.15) is 0 Å². The number of hydrogen-bond acceptors (Lipinski definition) is 1. The molecule has 4 aromatic rings. The number of nitrogens with zero attached hydrogens (tertiary/aromatic N) is 1. The summed E-state index contributed by atoms with van der Waals surface area (Å²) in [6, 6.07) is 35.0. The first-order valence-corrected chi connectivity index (χ1v) is 9.85. The minimum absolute atomic E-state index is 0.244. The summed E-state index contributed by atoms with van der Waals surface area (Å²) in [4.78, 5) is 2.40. The molecule has 1 aliphatic rings. The van der Waals surface area contributed by atoms with Gasteiger partial charge in [0.15, 0.2) is 0 Å². The van der Waals surface area contributed by atoms with Gasteiger partial charge in [-0.3, -0.25) is 0 Å². The fourth-order valence-corrected chi connectivity index (χ4v) is 4.62. The number of benzene rings is 4. The lowest BCUT2D eigenvalue weighted by Crippen LogP contribution is -2.58. The summed E-state index contributed by atoms with van der Waals surface area (Å²) in [7, 11) is 0. The van der Waals surface area contributed by atoms with Crippen LogP contribution in [0.2, 0.25) is 0 Å². The van der Waals surface area contributed by atoms with Crippen molar-refractivity contribution in [2.45, 2.75) is 13.8 Å². The summed E-state index contributed by atoms with van der Waals surface area (Å²) < 4.78 is 0. The van der Waals surface area contributed by atoms with Crippen LogP contribution in [-0.4, -0.2) is 6.71 Å². The molecule has 0 aromatic heterocycles. The third kappa shape index (κ3) is 2.57. The molecule has 28 heavy (non-hydrogen) atoms. The third-order valence-electron chi connectivity index (χ3n) is 5.82. The Balaban J connectivity index is 1.83. The Labute approximate surface area is 167 Å². The predicted molar refractivity (Wildman–Crippen MR) is 122 cm³/mol. The van der Waals surface area contributed by atoms with Gasteiger partial charge in [-0.05, 0) is 49.0 Å². The molecule has 134 valence electrons. The van der Waals surface area contributed by atoms with Crippen LogP contribution in [0.3, 0.4) is 0 Å². The van der Waals surface area contributed by atoms with E-state index in [4.69, 9.17) is 0 Å². The molecule has 0 unspecified atom stereocenters. The fraction of sp³-hybridized carbons (Fsp3) is 0.0769. The fourth-order valence-electron chi connectivity index (χ4n) is 4.62. The van der Waals surface area contributed by atoms with Crippen molar-refractivity contribution in [3.8, 4) is 0 Å². The number of rotatable bonds is 2. The van der Waals surface area contributed by atoms with E-state index in [0.717, 1.165) is 0 Å². The maximum atomic E-state index is 2.40. The van der Waals surface area contributed by atoms with E-state index < -0.39 is 0 Å². The number of anilines is 3. The maximum Gasteiger partial charge on any atom is 0.247 e. The minimum Gasteiger partial charge on any atom is -0.312 e. The van der Waals surface area contributed by atoms with Crippen LogP contribution in [0.25, 0.3) is 0 Å². The second kappa shape index (κ2) is 6.72. The molecule has 0 N–H and O–H groups in total. The molecule has 0 amide bonds. The maximum absolute atomic E-state index is 2.40. The Bertz CT molecular complexity index is 1080. The average Bonchev–Trinajstić information content (AvgIpc) is 2.73. The molecule has 0 spiro atoms. The molecule has 1 aliphatic heterocycles. The first kappa shape index (κ1) is 16.9. The second-order valence-electron chi connectivity index (χ2n) is 7.53. The highest BCUT2D eigenvalue weighted by Crippen LogP contribution is 2.35. The molecule has 5 rings (SSSR count). The lowest BCUT2D eigenvalue weighted by Gasteiger charge is -2.37. The molecule has 0 atom stereocenters. The molecular formula is C26H22BN. The lowest BCUT2D eigenvalue weighted by atomic mass is 9.34. The van der Waals surface area contributed by atoms with Crippen molar-refractivity contribution in [2.75, 3.05) is 4.90 Å². The molecule has 4 aromatic carbocycles. The standard InChI is InChI=1S/C26H22BN/c1-19-11-10-12-20(2)26(19)27-22-15-6-8-17-24(22)28(21-13-4-3-5-14-21)25-18-9-7-16-23(25)27/h3-18H,1-2H3. The van der Waals surface area contributed by atoms with Crippen molar-refractivity contribution in [1.82, 2.24) is 0 Å². The van der Waals surface area contributed by atoms with Crippen LogP contribution in [0.5, 0.6) is 0 Å². The van der Waals surface area contributed by atoms with Crippen molar-refractivity contribution >= 4 is 40.2 Å². The monoisotopic (exact) mass is 359 g/mol. The molecule has 0 fully saturated rings. The summed E-state index contributed by atoms with van der Waals surface area (Å²) in [5, 5.41) is 0. The highest BCUT2D eigenvalue weighted by molar-refractivity contribution is 6.98. The zero-order chi connectivity index (χ0) is 19.1. The average molecular weight is 359 g/mol. The van der Waals surface area contributed by atoms with Gasteiger partial charge in [0, 0.05) is 17.1 Å². The van der Waals surface area contributed by atoms with E-state index in [2.05, 4.69) is 116 Å². The molecule has 0 aliphatic carbocycles. The zero-order valence-electron chi connectivity index (χ0n) is 16.3.